The quantitative estimate of drug-likeness (QED) is 0.234. The van der Waals surface area contributed by atoms with Crippen molar-refractivity contribution in [2.24, 2.45) is 0 Å². The molecule has 0 spiro atoms. The maximum absolute atomic E-state index is 14.1. The Kier molecular flexibility index (Phi) is 11.5. The fourth-order valence-corrected chi connectivity index (χ4v) is 6.01. The van der Waals surface area contributed by atoms with Crippen molar-refractivity contribution in [2.75, 3.05) is 10.8 Å². The second-order valence-corrected chi connectivity index (χ2v) is 13.5. The maximum atomic E-state index is 14.1. The minimum atomic E-state index is -4.14. The molecular weight excluding hydrogens is 593 g/mol. The Balaban J connectivity index is 2.05. The predicted octanol–water partition coefficient (Wildman–Crippen LogP) is 6.95. The van der Waals surface area contributed by atoms with Crippen LogP contribution in [-0.2, 0) is 26.2 Å². The largest absolute Gasteiger partial charge is 0.352 e. The van der Waals surface area contributed by atoms with Crippen LogP contribution in [0.4, 0.5) is 5.69 Å². The Labute approximate surface area is 259 Å². The molecule has 0 heterocycles. The summed E-state index contributed by atoms with van der Waals surface area (Å²) in [7, 11) is -4.14. The van der Waals surface area contributed by atoms with Crippen molar-refractivity contribution in [1.82, 2.24) is 10.2 Å². The summed E-state index contributed by atoms with van der Waals surface area (Å²) in [5, 5.41) is 3.60. The van der Waals surface area contributed by atoms with E-state index < -0.39 is 28.5 Å². The lowest BCUT2D eigenvalue weighted by Gasteiger charge is -2.32. The third kappa shape index (κ3) is 8.27. The number of nitrogens with zero attached hydrogens (tertiary/aromatic N) is 2. The SMILES string of the molecule is CCC(C)NC(=O)C(C)N(Cc1ccc(Cl)c(Cl)c1)C(=O)CN(c1ccc(C(C)C)cc1)S(=O)(=O)c1ccc(C)cc1. The van der Waals surface area contributed by atoms with E-state index in [1.807, 2.05) is 46.8 Å². The lowest BCUT2D eigenvalue weighted by atomic mass is 10.0. The standard InChI is InChI=1S/C32H39Cl2N3O4S/c1-7-23(5)35-32(39)24(6)36(19-25-10-17-29(33)30(34)18-25)31(38)20-37(27-13-11-26(12-14-27)21(2)3)42(40,41)28-15-8-22(4)9-16-28/h8-18,21,23-24H,7,19-20H2,1-6H3,(H,35,39). The first-order valence-corrected chi connectivity index (χ1v) is 16.2. The molecule has 0 aliphatic rings. The Hall–Kier alpha value is -3.07. The first kappa shape index (κ1) is 33.4. The van der Waals surface area contributed by atoms with E-state index in [2.05, 4.69) is 5.32 Å². The zero-order valence-corrected chi connectivity index (χ0v) is 27.2. The third-order valence-corrected chi connectivity index (χ3v) is 9.77. The molecule has 0 aliphatic carbocycles. The van der Waals surface area contributed by atoms with Crippen molar-refractivity contribution in [3.8, 4) is 0 Å². The van der Waals surface area contributed by atoms with Gasteiger partial charge in [-0.25, -0.2) is 8.42 Å². The fraction of sp³-hybridized carbons (Fsp3) is 0.375. The van der Waals surface area contributed by atoms with Gasteiger partial charge < -0.3 is 10.2 Å². The van der Waals surface area contributed by atoms with E-state index >= 15 is 0 Å². The first-order chi connectivity index (χ1) is 19.7. The number of rotatable bonds is 12. The monoisotopic (exact) mass is 631 g/mol. The van der Waals surface area contributed by atoms with Crippen LogP contribution in [0.1, 0.15) is 63.6 Å². The summed E-state index contributed by atoms with van der Waals surface area (Å²) < 4.78 is 29.1. The summed E-state index contributed by atoms with van der Waals surface area (Å²) in [5.41, 5.74) is 2.94. The van der Waals surface area contributed by atoms with Gasteiger partial charge in [0, 0.05) is 12.6 Å². The lowest BCUT2D eigenvalue weighted by molar-refractivity contribution is -0.139. The van der Waals surface area contributed by atoms with Crippen molar-refractivity contribution >= 4 is 50.7 Å². The molecule has 1 N–H and O–H groups in total. The second kappa shape index (κ2) is 14.4. The van der Waals surface area contributed by atoms with Crippen LogP contribution in [0.2, 0.25) is 10.0 Å². The van der Waals surface area contributed by atoms with Crippen molar-refractivity contribution in [3.05, 3.63) is 93.5 Å². The summed E-state index contributed by atoms with van der Waals surface area (Å²) in [5.74, 6) is -0.641. The van der Waals surface area contributed by atoms with Crippen LogP contribution in [0.25, 0.3) is 0 Å². The Morgan fingerprint density at radius 1 is 0.881 bits per heavy atom. The van der Waals surface area contributed by atoms with E-state index in [0.717, 1.165) is 15.4 Å². The number of carbonyl (C=O) groups excluding carboxylic acids is 2. The summed E-state index contributed by atoms with van der Waals surface area (Å²) in [6, 6.07) is 17.6. The molecule has 226 valence electrons. The number of aryl methyl sites for hydroxylation is 1. The van der Waals surface area contributed by atoms with E-state index in [4.69, 9.17) is 23.2 Å². The summed E-state index contributed by atoms with van der Waals surface area (Å²) in [6.07, 6.45) is 0.716. The average molecular weight is 633 g/mol. The Bertz CT molecular complexity index is 1490. The van der Waals surface area contributed by atoms with E-state index in [1.165, 1.54) is 17.0 Å². The highest BCUT2D eigenvalue weighted by atomic mass is 35.5. The summed E-state index contributed by atoms with van der Waals surface area (Å²) in [4.78, 5) is 28.7. The normalized spacial score (nSPS) is 13.0. The highest BCUT2D eigenvalue weighted by molar-refractivity contribution is 7.92. The van der Waals surface area contributed by atoms with Gasteiger partial charge in [-0.05, 0) is 80.6 Å². The molecule has 0 bridgehead atoms. The van der Waals surface area contributed by atoms with E-state index in [9.17, 15) is 18.0 Å². The molecule has 2 amide bonds. The highest BCUT2D eigenvalue weighted by Gasteiger charge is 2.33. The van der Waals surface area contributed by atoms with Gasteiger partial charge in [0.1, 0.15) is 12.6 Å². The number of amides is 2. The molecule has 3 rings (SSSR count). The van der Waals surface area contributed by atoms with Gasteiger partial charge in [-0.15, -0.1) is 0 Å². The number of carbonyl (C=O) groups is 2. The molecule has 7 nitrogen and oxygen atoms in total. The number of nitrogens with one attached hydrogen (secondary N) is 1. The van der Waals surface area contributed by atoms with Crippen LogP contribution in [-0.4, -0.2) is 43.8 Å². The number of anilines is 1. The zero-order valence-electron chi connectivity index (χ0n) is 24.9. The molecule has 0 fully saturated rings. The fourth-order valence-electron chi connectivity index (χ4n) is 4.27. The highest BCUT2D eigenvalue weighted by Crippen LogP contribution is 2.28. The van der Waals surface area contributed by atoms with Gasteiger partial charge in [-0.1, -0.05) is 79.9 Å². The molecule has 0 saturated carbocycles. The molecular formula is C32H39Cl2N3O4S. The molecule has 42 heavy (non-hydrogen) atoms. The van der Waals surface area contributed by atoms with E-state index in [-0.39, 0.29) is 29.3 Å². The van der Waals surface area contributed by atoms with Gasteiger partial charge in [0.15, 0.2) is 0 Å². The maximum Gasteiger partial charge on any atom is 0.264 e. The average Bonchev–Trinajstić information content (AvgIpc) is 2.96. The molecule has 0 radical (unpaired) electrons. The smallest absolute Gasteiger partial charge is 0.264 e. The Morgan fingerprint density at radius 3 is 2.05 bits per heavy atom. The number of hydrogen-bond donors (Lipinski definition) is 1. The predicted molar refractivity (Wildman–Crippen MR) is 171 cm³/mol. The minimum Gasteiger partial charge on any atom is -0.352 e. The molecule has 3 aromatic carbocycles. The molecule has 0 aromatic heterocycles. The van der Waals surface area contributed by atoms with Crippen LogP contribution < -0.4 is 9.62 Å². The molecule has 10 heteroatoms. The van der Waals surface area contributed by atoms with Crippen molar-refractivity contribution in [2.45, 2.75) is 77.4 Å². The number of halogens is 2. The topological polar surface area (TPSA) is 86.8 Å². The third-order valence-electron chi connectivity index (χ3n) is 7.24. The van der Waals surface area contributed by atoms with Crippen LogP contribution in [0.15, 0.2) is 71.6 Å². The lowest BCUT2D eigenvalue weighted by Crippen LogP contribution is -2.52. The van der Waals surface area contributed by atoms with E-state index in [0.29, 0.717) is 27.7 Å². The van der Waals surface area contributed by atoms with Gasteiger partial charge in [-0.2, -0.15) is 0 Å². The van der Waals surface area contributed by atoms with Crippen molar-refractivity contribution in [1.29, 1.82) is 0 Å². The van der Waals surface area contributed by atoms with Crippen LogP contribution in [0.3, 0.4) is 0 Å². The van der Waals surface area contributed by atoms with Gasteiger partial charge in [0.2, 0.25) is 11.8 Å². The molecule has 3 aromatic rings. The van der Waals surface area contributed by atoms with Gasteiger partial charge >= 0.3 is 0 Å². The molecule has 2 atom stereocenters. The van der Waals surface area contributed by atoms with Gasteiger partial charge in [0.25, 0.3) is 10.0 Å². The summed E-state index contributed by atoms with van der Waals surface area (Å²) in [6.45, 7) is 10.9. The number of benzene rings is 3. The van der Waals surface area contributed by atoms with Crippen molar-refractivity contribution in [3.63, 3.8) is 0 Å². The van der Waals surface area contributed by atoms with Crippen LogP contribution >= 0.6 is 23.2 Å². The second-order valence-electron chi connectivity index (χ2n) is 10.8. The van der Waals surface area contributed by atoms with Crippen LogP contribution in [0.5, 0.6) is 0 Å². The number of sulfonamides is 1. The van der Waals surface area contributed by atoms with Gasteiger partial charge in [-0.3, -0.25) is 13.9 Å². The van der Waals surface area contributed by atoms with E-state index in [1.54, 1.807) is 49.4 Å². The Morgan fingerprint density at radius 2 is 1.50 bits per heavy atom. The number of hydrogen-bond acceptors (Lipinski definition) is 4. The van der Waals surface area contributed by atoms with Gasteiger partial charge in [0.05, 0.1) is 20.6 Å². The van der Waals surface area contributed by atoms with Crippen molar-refractivity contribution < 1.29 is 18.0 Å². The molecule has 2 unspecified atom stereocenters. The first-order valence-electron chi connectivity index (χ1n) is 14.0. The molecule has 0 aliphatic heterocycles. The van der Waals surface area contributed by atoms with Crippen LogP contribution in [0, 0.1) is 6.92 Å². The summed E-state index contributed by atoms with van der Waals surface area (Å²) >= 11 is 12.3. The minimum absolute atomic E-state index is 0.0233. The molecule has 0 saturated heterocycles. The zero-order chi connectivity index (χ0) is 31.2.